The van der Waals surface area contributed by atoms with E-state index in [1.807, 2.05) is 18.5 Å². The molecule has 3 aromatic rings. The maximum Gasteiger partial charge on any atom is 0.225 e. The standard InChI is InChI=1S/C20H26N6/c1-17-23-18-7-2-3-8-19(18)26(17)12-5-4-11-24-13-15-25(16-14-24)20-21-9-6-10-22-20/h2-3,6-10H,4-5,11-16H2,1H3. The van der Waals surface area contributed by atoms with Crippen LogP contribution in [0.4, 0.5) is 5.95 Å². The molecule has 0 N–H and O–H groups in total. The first-order chi connectivity index (χ1) is 12.8. The van der Waals surface area contributed by atoms with Crippen LogP contribution in [0, 0.1) is 6.92 Å². The second-order valence-electron chi connectivity index (χ2n) is 6.88. The van der Waals surface area contributed by atoms with Gasteiger partial charge in [-0.05, 0) is 44.5 Å². The molecule has 0 spiro atoms. The van der Waals surface area contributed by atoms with Gasteiger partial charge in [-0.3, -0.25) is 4.90 Å². The third kappa shape index (κ3) is 3.70. The third-order valence-electron chi connectivity index (χ3n) is 5.16. The first kappa shape index (κ1) is 17.0. The summed E-state index contributed by atoms with van der Waals surface area (Å²) in [6.07, 6.45) is 6.03. The van der Waals surface area contributed by atoms with Crippen LogP contribution in [0.1, 0.15) is 18.7 Å². The number of unbranched alkanes of at least 4 members (excludes halogenated alkanes) is 1. The molecule has 6 heteroatoms. The minimum Gasteiger partial charge on any atom is -0.338 e. The van der Waals surface area contributed by atoms with Gasteiger partial charge in [-0.15, -0.1) is 0 Å². The van der Waals surface area contributed by atoms with Crippen LogP contribution in [-0.4, -0.2) is 57.1 Å². The predicted octanol–water partition coefficient (Wildman–Crippen LogP) is 2.74. The summed E-state index contributed by atoms with van der Waals surface area (Å²) in [6.45, 7) is 8.51. The zero-order valence-corrected chi connectivity index (χ0v) is 15.4. The van der Waals surface area contributed by atoms with E-state index in [4.69, 9.17) is 0 Å². The first-order valence-electron chi connectivity index (χ1n) is 9.47. The molecule has 6 nitrogen and oxygen atoms in total. The molecular weight excluding hydrogens is 324 g/mol. The van der Waals surface area contributed by atoms with Crippen LogP contribution in [0.25, 0.3) is 11.0 Å². The number of para-hydroxylation sites is 2. The lowest BCUT2D eigenvalue weighted by molar-refractivity contribution is 0.250. The van der Waals surface area contributed by atoms with Gasteiger partial charge in [0.1, 0.15) is 5.82 Å². The highest BCUT2D eigenvalue weighted by atomic mass is 15.3. The topological polar surface area (TPSA) is 50.1 Å². The fourth-order valence-electron chi connectivity index (χ4n) is 3.71. The molecule has 0 saturated carbocycles. The van der Waals surface area contributed by atoms with Gasteiger partial charge in [0.25, 0.3) is 0 Å². The highest BCUT2D eigenvalue weighted by molar-refractivity contribution is 5.75. The van der Waals surface area contributed by atoms with Gasteiger partial charge in [0.15, 0.2) is 0 Å². The zero-order valence-electron chi connectivity index (χ0n) is 15.4. The molecule has 1 aromatic carbocycles. The first-order valence-corrected chi connectivity index (χ1v) is 9.47. The van der Waals surface area contributed by atoms with E-state index >= 15 is 0 Å². The SMILES string of the molecule is Cc1nc2ccccc2n1CCCCN1CCN(c2ncccn2)CC1. The minimum absolute atomic E-state index is 0.856. The average molecular weight is 350 g/mol. The van der Waals surface area contributed by atoms with Gasteiger partial charge in [0, 0.05) is 45.1 Å². The predicted molar refractivity (Wildman–Crippen MR) is 104 cm³/mol. The summed E-state index contributed by atoms with van der Waals surface area (Å²) in [7, 11) is 0. The van der Waals surface area contributed by atoms with E-state index in [1.54, 1.807) is 0 Å². The Morgan fingerprint density at radius 3 is 2.42 bits per heavy atom. The van der Waals surface area contributed by atoms with Gasteiger partial charge < -0.3 is 9.47 Å². The average Bonchev–Trinajstić information content (AvgIpc) is 3.01. The van der Waals surface area contributed by atoms with Crippen molar-refractivity contribution < 1.29 is 0 Å². The largest absolute Gasteiger partial charge is 0.338 e. The number of piperazine rings is 1. The van der Waals surface area contributed by atoms with Crippen molar-refractivity contribution in [1.82, 2.24) is 24.4 Å². The summed E-state index contributed by atoms with van der Waals surface area (Å²) in [5, 5.41) is 0. The normalized spacial score (nSPS) is 15.7. The van der Waals surface area contributed by atoms with Crippen LogP contribution in [0.3, 0.4) is 0 Å². The number of aromatic nitrogens is 4. The number of rotatable bonds is 6. The summed E-state index contributed by atoms with van der Waals surface area (Å²) in [6, 6.07) is 10.3. The molecule has 3 heterocycles. The molecule has 0 bridgehead atoms. The lowest BCUT2D eigenvalue weighted by atomic mass is 10.2. The van der Waals surface area contributed by atoms with Crippen LogP contribution in [0.2, 0.25) is 0 Å². The van der Waals surface area contributed by atoms with Gasteiger partial charge in [-0.25, -0.2) is 15.0 Å². The number of hydrogen-bond acceptors (Lipinski definition) is 5. The smallest absolute Gasteiger partial charge is 0.225 e. The van der Waals surface area contributed by atoms with E-state index in [0.29, 0.717) is 0 Å². The molecule has 1 aliphatic heterocycles. The van der Waals surface area contributed by atoms with Gasteiger partial charge in [0.05, 0.1) is 11.0 Å². The number of fused-ring (bicyclic) bond motifs is 1. The van der Waals surface area contributed by atoms with Crippen LogP contribution in [0.5, 0.6) is 0 Å². The molecule has 0 amide bonds. The molecule has 4 rings (SSSR count). The molecule has 0 radical (unpaired) electrons. The van der Waals surface area contributed by atoms with E-state index in [2.05, 4.69) is 60.5 Å². The zero-order chi connectivity index (χ0) is 17.8. The summed E-state index contributed by atoms with van der Waals surface area (Å²) < 4.78 is 2.35. The van der Waals surface area contributed by atoms with Crippen molar-refractivity contribution in [2.24, 2.45) is 0 Å². The molecule has 0 atom stereocenters. The highest BCUT2D eigenvalue weighted by Crippen LogP contribution is 2.16. The molecular formula is C20H26N6. The van der Waals surface area contributed by atoms with Crippen molar-refractivity contribution in [2.75, 3.05) is 37.6 Å². The fourth-order valence-corrected chi connectivity index (χ4v) is 3.71. The number of imidazole rings is 1. The molecule has 1 saturated heterocycles. The molecule has 2 aromatic heterocycles. The third-order valence-corrected chi connectivity index (χ3v) is 5.16. The Kier molecular flexibility index (Phi) is 5.11. The fraction of sp³-hybridized carbons (Fsp3) is 0.450. The Hall–Kier alpha value is -2.47. The number of hydrogen-bond donors (Lipinski definition) is 0. The van der Waals surface area contributed by atoms with E-state index in [-0.39, 0.29) is 0 Å². The number of benzene rings is 1. The van der Waals surface area contributed by atoms with Gasteiger partial charge in [-0.1, -0.05) is 12.1 Å². The minimum atomic E-state index is 0.856. The molecule has 1 fully saturated rings. The summed E-state index contributed by atoms with van der Waals surface area (Å²) >= 11 is 0. The Bertz CT molecular complexity index is 836. The molecule has 0 aliphatic carbocycles. The summed E-state index contributed by atoms with van der Waals surface area (Å²) in [4.78, 5) is 18.2. The van der Waals surface area contributed by atoms with Crippen molar-refractivity contribution in [1.29, 1.82) is 0 Å². The van der Waals surface area contributed by atoms with E-state index in [0.717, 1.165) is 56.6 Å². The Morgan fingerprint density at radius 1 is 0.885 bits per heavy atom. The monoisotopic (exact) mass is 350 g/mol. The van der Waals surface area contributed by atoms with Crippen molar-refractivity contribution in [3.63, 3.8) is 0 Å². The van der Waals surface area contributed by atoms with Crippen molar-refractivity contribution in [3.05, 3.63) is 48.5 Å². The van der Waals surface area contributed by atoms with Crippen LogP contribution in [0.15, 0.2) is 42.7 Å². The van der Waals surface area contributed by atoms with Crippen LogP contribution >= 0.6 is 0 Å². The van der Waals surface area contributed by atoms with Gasteiger partial charge >= 0.3 is 0 Å². The maximum absolute atomic E-state index is 4.65. The second-order valence-corrected chi connectivity index (χ2v) is 6.88. The van der Waals surface area contributed by atoms with E-state index < -0.39 is 0 Å². The Morgan fingerprint density at radius 2 is 1.62 bits per heavy atom. The lowest BCUT2D eigenvalue weighted by Crippen LogP contribution is -2.47. The Balaban J connectivity index is 1.23. The number of anilines is 1. The summed E-state index contributed by atoms with van der Waals surface area (Å²) in [5.41, 5.74) is 2.35. The summed E-state index contributed by atoms with van der Waals surface area (Å²) in [5.74, 6) is 1.97. The maximum atomic E-state index is 4.65. The van der Waals surface area contributed by atoms with Gasteiger partial charge in [0.2, 0.25) is 5.95 Å². The molecule has 1 aliphatic rings. The lowest BCUT2D eigenvalue weighted by Gasteiger charge is -2.34. The molecule has 26 heavy (non-hydrogen) atoms. The van der Waals surface area contributed by atoms with E-state index in [1.165, 1.54) is 18.4 Å². The second kappa shape index (κ2) is 7.83. The highest BCUT2D eigenvalue weighted by Gasteiger charge is 2.18. The van der Waals surface area contributed by atoms with Gasteiger partial charge in [-0.2, -0.15) is 0 Å². The van der Waals surface area contributed by atoms with Crippen molar-refractivity contribution in [3.8, 4) is 0 Å². The van der Waals surface area contributed by atoms with Crippen molar-refractivity contribution in [2.45, 2.75) is 26.3 Å². The number of nitrogens with zero attached hydrogens (tertiary/aromatic N) is 6. The Labute approximate surface area is 154 Å². The quantitative estimate of drug-likeness (QED) is 0.640. The van der Waals surface area contributed by atoms with Crippen LogP contribution < -0.4 is 4.90 Å². The number of aryl methyl sites for hydroxylation is 2. The molecule has 136 valence electrons. The van der Waals surface area contributed by atoms with Crippen LogP contribution in [-0.2, 0) is 6.54 Å². The van der Waals surface area contributed by atoms with E-state index in [9.17, 15) is 0 Å². The molecule has 0 unspecified atom stereocenters. The van der Waals surface area contributed by atoms with Crippen molar-refractivity contribution >= 4 is 17.0 Å².